The third-order valence-electron chi connectivity index (χ3n) is 7.66. The Hall–Kier alpha value is -4.42. The Labute approximate surface area is 251 Å². The number of hydrogen-bond acceptors (Lipinski definition) is 7. The zero-order chi connectivity index (χ0) is 32.3. The lowest BCUT2D eigenvalue weighted by atomic mass is 9.85. The monoisotopic (exact) mass is 617 g/mol. The molecule has 13 heteroatoms. The summed E-state index contributed by atoms with van der Waals surface area (Å²) in [7, 11) is 1.42. The van der Waals surface area contributed by atoms with Crippen LogP contribution in [0.5, 0.6) is 11.5 Å². The molecule has 1 saturated heterocycles. The van der Waals surface area contributed by atoms with Gasteiger partial charge in [-0.05, 0) is 37.3 Å². The molecule has 4 rings (SSSR count). The smallest absolute Gasteiger partial charge is 0.290 e. The average Bonchev–Trinajstić information content (AvgIpc) is 3.47. The number of carbonyl (C=O) groups excluding carboxylic acids is 2. The van der Waals surface area contributed by atoms with E-state index in [-0.39, 0.29) is 35.0 Å². The van der Waals surface area contributed by atoms with Gasteiger partial charge in [-0.25, -0.2) is 23.1 Å². The number of aromatic nitrogens is 2. The van der Waals surface area contributed by atoms with E-state index in [9.17, 15) is 27.2 Å². The number of carbonyl (C=O) groups is 2. The van der Waals surface area contributed by atoms with E-state index in [0.29, 0.717) is 43.6 Å². The van der Waals surface area contributed by atoms with Crippen molar-refractivity contribution >= 4 is 23.2 Å². The standard InChI is InChI=1S/C31H32F5N5O3/c1-5-17(10-16-8-9-41(13-16)31(43)28(42)15(2)3)26-23(30(37)40-14-39-26)27(38-4)19-7-6-18(11-20(19)32)44-29-24(35)21(33)12-22(34)25(29)36/h6-7,11-12,14-17H,5,8-10,13H2,1-4H3,(H2,37,39,40)/t16-,17?/m0/s1. The van der Waals surface area contributed by atoms with Gasteiger partial charge in [-0.2, -0.15) is 8.78 Å². The molecule has 0 radical (unpaired) electrons. The number of amides is 1. The SMILES string of the molecule is CCC(C[C@@H]1CCN(C(=O)C(=O)C(C)C)C1)c1ncnc(N)c1C(=NC)c1ccc(Oc2c(F)c(F)cc(F)c2F)cc1F. The number of ether oxygens (including phenoxy) is 1. The Morgan fingerprint density at radius 1 is 1.07 bits per heavy atom. The Bertz CT molecular complexity index is 1590. The third kappa shape index (κ3) is 6.56. The van der Waals surface area contributed by atoms with Gasteiger partial charge in [0.15, 0.2) is 11.6 Å². The number of Topliss-reactive ketones (excluding diaryl/α,β-unsaturated/α-hetero) is 1. The molecular formula is C31H32F5N5O3. The summed E-state index contributed by atoms with van der Waals surface area (Å²) >= 11 is 0. The van der Waals surface area contributed by atoms with Crippen molar-refractivity contribution in [3.8, 4) is 11.5 Å². The third-order valence-corrected chi connectivity index (χ3v) is 7.66. The molecule has 2 atom stereocenters. The van der Waals surface area contributed by atoms with E-state index in [2.05, 4.69) is 15.0 Å². The van der Waals surface area contributed by atoms with Gasteiger partial charge in [-0.15, -0.1) is 0 Å². The van der Waals surface area contributed by atoms with Crippen LogP contribution >= 0.6 is 0 Å². The van der Waals surface area contributed by atoms with Gasteiger partial charge >= 0.3 is 0 Å². The van der Waals surface area contributed by atoms with Crippen molar-refractivity contribution < 1.29 is 36.3 Å². The van der Waals surface area contributed by atoms with E-state index >= 15 is 4.39 Å². The Morgan fingerprint density at radius 2 is 1.75 bits per heavy atom. The zero-order valence-electron chi connectivity index (χ0n) is 24.6. The molecule has 8 nitrogen and oxygen atoms in total. The maximum Gasteiger partial charge on any atom is 0.290 e. The first-order chi connectivity index (χ1) is 20.9. The number of rotatable bonds is 10. The minimum Gasteiger partial charge on any atom is -0.451 e. The summed E-state index contributed by atoms with van der Waals surface area (Å²) in [6.07, 6.45) is 3.22. The van der Waals surface area contributed by atoms with Crippen molar-refractivity contribution in [2.24, 2.45) is 16.8 Å². The summed E-state index contributed by atoms with van der Waals surface area (Å²) in [6.45, 7) is 6.21. The number of nitrogens with zero attached hydrogens (tertiary/aromatic N) is 4. The van der Waals surface area contributed by atoms with E-state index in [1.54, 1.807) is 18.7 Å². The topological polar surface area (TPSA) is 111 Å². The molecule has 44 heavy (non-hydrogen) atoms. The van der Waals surface area contributed by atoms with Crippen LogP contribution in [0.2, 0.25) is 0 Å². The number of anilines is 1. The molecule has 234 valence electrons. The van der Waals surface area contributed by atoms with Gasteiger partial charge in [-0.3, -0.25) is 14.6 Å². The highest BCUT2D eigenvalue weighted by Crippen LogP contribution is 2.36. The van der Waals surface area contributed by atoms with Gasteiger partial charge in [0.1, 0.15) is 23.7 Å². The molecule has 2 heterocycles. The highest BCUT2D eigenvalue weighted by Gasteiger charge is 2.34. The van der Waals surface area contributed by atoms with Crippen molar-refractivity contribution in [2.45, 2.75) is 46.0 Å². The molecule has 0 spiro atoms. The van der Waals surface area contributed by atoms with Crippen molar-refractivity contribution in [3.05, 3.63) is 76.5 Å². The Balaban J connectivity index is 1.62. The van der Waals surface area contributed by atoms with E-state index in [0.717, 1.165) is 12.1 Å². The van der Waals surface area contributed by atoms with Crippen LogP contribution in [0.15, 0.2) is 35.6 Å². The van der Waals surface area contributed by atoms with Crippen LogP contribution in [0, 0.1) is 40.9 Å². The van der Waals surface area contributed by atoms with Crippen molar-refractivity contribution in [3.63, 3.8) is 0 Å². The van der Waals surface area contributed by atoms with Gasteiger partial charge in [0.2, 0.25) is 23.2 Å². The fourth-order valence-electron chi connectivity index (χ4n) is 5.33. The molecule has 0 bridgehead atoms. The zero-order valence-corrected chi connectivity index (χ0v) is 24.6. The normalized spacial score (nSPS) is 16.0. The molecule has 1 aliphatic heterocycles. The molecule has 2 N–H and O–H groups in total. The highest BCUT2D eigenvalue weighted by molar-refractivity contribution is 6.36. The quantitative estimate of drug-likeness (QED) is 0.130. The fourth-order valence-corrected chi connectivity index (χ4v) is 5.33. The van der Waals surface area contributed by atoms with E-state index in [1.165, 1.54) is 19.4 Å². The second-order valence-corrected chi connectivity index (χ2v) is 10.9. The first-order valence-corrected chi connectivity index (χ1v) is 14.1. The molecule has 3 aromatic rings. The number of nitrogen functional groups attached to an aromatic ring is 1. The molecule has 0 saturated carbocycles. The molecule has 1 aromatic heterocycles. The van der Waals surface area contributed by atoms with Crippen LogP contribution < -0.4 is 10.5 Å². The number of benzene rings is 2. The first kappa shape index (κ1) is 32.5. The second kappa shape index (κ2) is 13.5. The molecule has 1 aliphatic rings. The summed E-state index contributed by atoms with van der Waals surface area (Å²) in [4.78, 5) is 39.2. The van der Waals surface area contributed by atoms with Crippen molar-refractivity contribution in [1.29, 1.82) is 0 Å². The minimum atomic E-state index is -1.77. The van der Waals surface area contributed by atoms with Crippen LogP contribution in [0.3, 0.4) is 0 Å². The summed E-state index contributed by atoms with van der Waals surface area (Å²) in [5.74, 6) is -11.0. The number of hydrogen-bond donors (Lipinski definition) is 1. The first-order valence-electron chi connectivity index (χ1n) is 14.1. The van der Waals surface area contributed by atoms with Crippen LogP contribution in [0.25, 0.3) is 0 Å². The molecule has 0 aliphatic carbocycles. The maximum absolute atomic E-state index is 15.5. The molecule has 1 unspecified atom stereocenters. The van der Waals surface area contributed by atoms with Gasteiger partial charge in [0.05, 0.1) is 17.0 Å². The minimum absolute atomic E-state index is 0.0364. The van der Waals surface area contributed by atoms with Gasteiger partial charge in [0, 0.05) is 49.7 Å². The Morgan fingerprint density at radius 3 is 2.34 bits per heavy atom. The summed E-state index contributed by atoms with van der Waals surface area (Å²) in [5, 5.41) is 0. The van der Waals surface area contributed by atoms with Gasteiger partial charge in [-0.1, -0.05) is 20.8 Å². The lowest BCUT2D eigenvalue weighted by Gasteiger charge is -2.23. The maximum atomic E-state index is 15.5. The van der Waals surface area contributed by atoms with Crippen LogP contribution in [0.1, 0.15) is 62.8 Å². The number of nitrogens with two attached hydrogens (primary N) is 1. The number of ketones is 1. The van der Waals surface area contributed by atoms with Crippen LogP contribution in [-0.4, -0.2) is 52.4 Å². The highest BCUT2D eigenvalue weighted by atomic mass is 19.2. The lowest BCUT2D eigenvalue weighted by molar-refractivity contribution is -0.145. The van der Waals surface area contributed by atoms with Gasteiger partial charge < -0.3 is 15.4 Å². The number of halogens is 5. The second-order valence-electron chi connectivity index (χ2n) is 10.9. The van der Waals surface area contributed by atoms with E-state index in [4.69, 9.17) is 10.5 Å². The summed E-state index contributed by atoms with van der Waals surface area (Å²) < 4.78 is 75.9. The molecule has 1 amide bonds. The van der Waals surface area contributed by atoms with Crippen molar-refractivity contribution in [2.75, 3.05) is 25.9 Å². The van der Waals surface area contributed by atoms with Crippen LogP contribution in [0.4, 0.5) is 27.8 Å². The molecule has 1 fully saturated rings. The van der Waals surface area contributed by atoms with Crippen molar-refractivity contribution in [1.82, 2.24) is 14.9 Å². The molecule has 2 aromatic carbocycles. The lowest BCUT2D eigenvalue weighted by Crippen LogP contribution is -2.37. The van der Waals surface area contributed by atoms with E-state index in [1.807, 2.05) is 6.92 Å². The van der Waals surface area contributed by atoms with Gasteiger partial charge in [0.25, 0.3) is 5.91 Å². The largest absolute Gasteiger partial charge is 0.451 e. The average molecular weight is 618 g/mol. The van der Waals surface area contributed by atoms with E-state index < -0.39 is 58.2 Å². The molecular weight excluding hydrogens is 585 g/mol. The predicted molar refractivity (Wildman–Crippen MR) is 153 cm³/mol. The number of aliphatic imine (C=N–C) groups is 1. The Kier molecular flexibility index (Phi) is 9.95. The summed E-state index contributed by atoms with van der Waals surface area (Å²) in [5.41, 5.74) is 7.12. The van der Waals surface area contributed by atoms with Crippen LogP contribution in [-0.2, 0) is 9.59 Å². The summed E-state index contributed by atoms with van der Waals surface area (Å²) in [6, 6.07) is 3.21. The fraction of sp³-hybridized carbons (Fsp3) is 0.387. The predicted octanol–water partition coefficient (Wildman–Crippen LogP) is 5.97. The number of likely N-dealkylation sites (tertiary alicyclic amines) is 1.